The van der Waals surface area contributed by atoms with Crippen molar-refractivity contribution in [1.82, 2.24) is 4.58 Å². The summed E-state index contributed by atoms with van der Waals surface area (Å²) in [6.45, 7) is 0.551. The van der Waals surface area contributed by atoms with Crippen molar-refractivity contribution in [3.63, 3.8) is 0 Å². The van der Waals surface area contributed by atoms with Crippen LogP contribution in [0, 0.1) is 17.5 Å². The molecule has 12 heteroatoms. The van der Waals surface area contributed by atoms with Gasteiger partial charge in [0.1, 0.15) is 34.5 Å². The van der Waals surface area contributed by atoms with Crippen LogP contribution in [0.25, 0.3) is 33.4 Å². The maximum absolute atomic E-state index is 16.0. The number of fused-ring (bicyclic) bond motifs is 2. The second kappa shape index (κ2) is 9.32. The molecule has 2 saturated heterocycles. The Morgan fingerprint density at radius 2 is 1.65 bits per heavy atom. The van der Waals surface area contributed by atoms with Crippen molar-refractivity contribution >= 4 is 28.6 Å². The number of halogens is 5. The van der Waals surface area contributed by atoms with E-state index in [0.717, 1.165) is 7.11 Å². The Labute approximate surface area is 222 Å². The van der Waals surface area contributed by atoms with E-state index >= 15 is 8.78 Å². The van der Waals surface area contributed by atoms with Crippen LogP contribution in [0.15, 0.2) is 40.8 Å². The zero-order chi connectivity index (χ0) is 28.5. The third kappa shape index (κ3) is 3.89. The SMILES string of the molecule is COC(=O)c1c(F)c(F)c(C(=O)O)c(-c2c3ccc(=[N+]4CC(F)C4)cc-3oc3cc(N4CC(F)C4)ccc23)c1F. The van der Waals surface area contributed by atoms with Crippen molar-refractivity contribution < 1.29 is 45.8 Å². The number of rotatable bonds is 4. The van der Waals surface area contributed by atoms with Crippen molar-refractivity contribution in [2.45, 2.75) is 12.3 Å². The van der Waals surface area contributed by atoms with Crippen molar-refractivity contribution in [2.75, 3.05) is 38.2 Å². The third-order valence-electron chi connectivity index (χ3n) is 7.27. The molecular formula is C28H20F5N2O5+. The summed E-state index contributed by atoms with van der Waals surface area (Å²) in [5.74, 6) is -8.97. The summed E-state index contributed by atoms with van der Waals surface area (Å²) < 4.78 is 85.4. The molecule has 0 aromatic heterocycles. The molecule has 2 aromatic rings. The first-order valence-electron chi connectivity index (χ1n) is 12.2. The summed E-state index contributed by atoms with van der Waals surface area (Å²) in [7, 11) is 0.842. The minimum absolute atomic E-state index is 0.103. The maximum atomic E-state index is 16.0. The van der Waals surface area contributed by atoms with Gasteiger partial charge in [-0.25, -0.2) is 36.1 Å². The maximum Gasteiger partial charge on any atom is 0.344 e. The fraction of sp³-hybridized carbons (Fsp3) is 0.250. The summed E-state index contributed by atoms with van der Waals surface area (Å²) >= 11 is 0. The number of nitrogens with zero attached hydrogens (tertiary/aromatic N) is 2. The van der Waals surface area contributed by atoms with Crippen LogP contribution in [0.5, 0.6) is 0 Å². The topological polar surface area (TPSA) is 83.0 Å². The molecule has 0 bridgehead atoms. The third-order valence-corrected chi connectivity index (χ3v) is 7.27. The van der Waals surface area contributed by atoms with Crippen LogP contribution in [0.2, 0.25) is 0 Å². The molecule has 206 valence electrons. The van der Waals surface area contributed by atoms with Crippen LogP contribution in [0.1, 0.15) is 20.7 Å². The second-order valence-electron chi connectivity index (χ2n) is 9.71. The van der Waals surface area contributed by atoms with E-state index in [-0.39, 0.29) is 54.0 Å². The number of hydrogen-bond donors (Lipinski definition) is 1. The molecule has 0 radical (unpaired) electrons. The van der Waals surface area contributed by atoms with E-state index in [2.05, 4.69) is 4.74 Å². The number of anilines is 1. The molecule has 3 aliphatic heterocycles. The average molecular weight is 559 g/mol. The van der Waals surface area contributed by atoms with E-state index in [9.17, 15) is 27.9 Å². The molecule has 1 aliphatic carbocycles. The first-order chi connectivity index (χ1) is 19.1. The van der Waals surface area contributed by atoms with Crippen LogP contribution < -0.4 is 14.8 Å². The van der Waals surface area contributed by atoms with Gasteiger partial charge in [-0.2, -0.15) is 0 Å². The van der Waals surface area contributed by atoms with Gasteiger partial charge in [-0.3, -0.25) is 0 Å². The number of hydrogen-bond acceptors (Lipinski definition) is 5. The van der Waals surface area contributed by atoms with Gasteiger partial charge in [0.15, 0.2) is 24.7 Å². The molecule has 0 unspecified atom stereocenters. The highest BCUT2D eigenvalue weighted by atomic mass is 19.2. The molecule has 40 heavy (non-hydrogen) atoms. The van der Waals surface area contributed by atoms with Gasteiger partial charge >= 0.3 is 11.9 Å². The number of ether oxygens (including phenoxy) is 1. The van der Waals surface area contributed by atoms with Gasteiger partial charge in [-0.15, -0.1) is 0 Å². The van der Waals surface area contributed by atoms with Crippen LogP contribution in [-0.4, -0.2) is 62.7 Å². The van der Waals surface area contributed by atoms with Gasteiger partial charge in [0.2, 0.25) is 11.5 Å². The Morgan fingerprint density at radius 3 is 2.27 bits per heavy atom. The minimum atomic E-state index is -2.00. The quantitative estimate of drug-likeness (QED) is 0.131. The lowest BCUT2D eigenvalue weighted by atomic mass is 9.88. The smallest absolute Gasteiger partial charge is 0.344 e. The van der Waals surface area contributed by atoms with Crippen molar-refractivity contribution in [2.24, 2.45) is 0 Å². The Hall–Kier alpha value is -4.48. The zero-order valence-corrected chi connectivity index (χ0v) is 20.8. The van der Waals surface area contributed by atoms with Gasteiger partial charge in [-0.05, 0) is 18.2 Å². The van der Waals surface area contributed by atoms with Crippen LogP contribution >= 0.6 is 0 Å². The van der Waals surface area contributed by atoms with Crippen LogP contribution in [0.4, 0.5) is 27.6 Å². The average Bonchev–Trinajstić information content (AvgIpc) is 2.89. The number of benzene rings is 3. The Kier molecular flexibility index (Phi) is 6.00. The molecule has 0 amide bonds. The van der Waals surface area contributed by atoms with E-state index < -0.39 is 58.4 Å². The highest BCUT2D eigenvalue weighted by Gasteiger charge is 2.36. The van der Waals surface area contributed by atoms with E-state index in [0.29, 0.717) is 11.0 Å². The lowest BCUT2D eigenvalue weighted by Crippen LogP contribution is -2.50. The standard InChI is InChI=1S/C28H19F5N2O5/c1-39-28(38)23-24(31)21(22(27(36)37)25(32)26(23)33)20-16-4-2-14(34-8-12(29)9-34)6-18(16)40-19-7-15(3-5-17(19)20)35-10-13(30)11-35/h2-7,12-13H,8-11H2,1H3/p+1. The predicted molar refractivity (Wildman–Crippen MR) is 133 cm³/mol. The van der Waals surface area contributed by atoms with Crippen molar-refractivity contribution in [3.8, 4) is 22.5 Å². The first-order valence-corrected chi connectivity index (χ1v) is 12.2. The van der Waals surface area contributed by atoms with E-state index in [1.54, 1.807) is 21.6 Å². The minimum Gasteiger partial charge on any atom is -0.478 e. The normalized spacial score (nSPS) is 17.2. The fourth-order valence-corrected chi connectivity index (χ4v) is 5.18. The van der Waals surface area contributed by atoms with Crippen LogP contribution in [0.3, 0.4) is 0 Å². The Bertz CT molecular complexity index is 1770. The second-order valence-corrected chi connectivity index (χ2v) is 9.71. The van der Waals surface area contributed by atoms with Gasteiger partial charge in [0, 0.05) is 39.9 Å². The number of methoxy groups -OCH3 is 1. The van der Waals surface area contributed by atoms with Crippen molar-refractivity contribution in [1.29, 1.82) is 0 Å². The summed E-state index contributed by atoms with van der Waals surface area (Å²) in [6.07, 6.45) is -2.02. The molecule has 0 atom stereocenters. The number of aromatic carboxylic acids is 1. The highest BCUT2D eigenvalue weighted by Crippen LogP contribution is 2.45. The number of alkyl halides is 2. The Balaban J connectivity index is 1.73. The molecule has 0 spiro atoms. The molecule has 2 fully saturated rings. The number of carboxylic acids is 1. The first kappa shape index (κ1) is 25.8. The number of esters is 1. The van der Waals surface area contributed by atoms with Gasteiger partial charge in [-0.1, -0.05) is 0 Å². The van der Waals surface area contributed by atoms with Gasteiger partial charge in [0.25, 0.3) is 0 Å². The highest BCUT2D eigenvalue weighted by molar-refractivity contribution is 6.09. The number of carboxylic acid groups (broad SMARTS) is 1. The van der Waals surface area contributed by atoms with Gasteiger partial charge < -0.3 is 19.2 Å². The van der Waals surface area contributed by atoms with E-state index in [1.165, 1.54) is 24.3 Å². The number of carbonyl (C=O) groups excluding carboxylic acids is 1. The fourth-order valence-electron chi connectivity index (χ4n) is 5.18. The van der Waals surface area contributed by atoms with E-state index in [4.69, 9.17) is 4.42 Å². The number of carbonyl (C=O) groups is 2. The summed E-state index contributed by atoms with van der Waals surface area (Å²) in [6, 6.07) is 9.17. The van der Waals surface area contributed by atoms with Crippen molar-refractivity contribution in [3.05, 3.63) is 70.3 Å². The van der Waals surface area contributed by atoms with E-state index in [1.807, 2.05) is 0 Å². The lowest BCUT2D eigenvalue weighted by molar-refractivity contribution is 0.0584. The monoisotopic (exact) mass is 559 g/mol. The lowest BCUT2D eigenvalue weighted by Gasteiger charge is -2.36. The molecule has 2 aromatic carbocycles. The summed E-state index contributed by atoms with van der Waals surface area (Å²) in [5, 5.41) is 10.5. The molecule has 7 nitrogen and oxygen atoms in total. The molecule has 4 aliphatic rings. The zero-order valence-electron chi connectivity index (χ0n) is 20.8. The molecule has 1 N–H and O–H groups in total. The van der Waals surface area contributed by atoms with Gasteiger partial charge in [0.05, 0.1) is 26.3 Å². The molecule has 0 saturated carbocycles. The predicted octanol–water partition coefficient (Wildman–Crippen LogP) is 4.39. The summed E-state index contributed by atoms with van der Waals surface area (Å²) in [4.78, 5) is 26.2. The van der Waals surface area contributed by atoms with Crippen LogP contribution in [-0.2, 0) is 4.74 Å². The molecular weight excluding hydrogens is 539 g/mol. The molecule has 3 heterocycles. The molecule has 6 rings (SSSR count). The summed E-state index contributed by atoms with van der Waals surface area (Å²) in [5.41, 5.74) is -2.97. The largest absolute Gasteiger partial charge is 0.478 e. The Morgan fingerprint density at radius 1 is 0.950 bits per heavy atom.